The summed E-state index contributed by atoms with van der Waals surface area (Å²) in [7, 11) is 0. The molecule has 1 amide bonds. The first-order valence-electron chi connectivity index (χ1n) is 43.7. The first-order chi connectivity index (χ1) is 61.6. The number of piperidine rings is 4. The second-order valence-electron chi connectivity index (χ2n) is 33.3. The van der Waals surface area contributed by atoms with Gasteiger partial charge in [-0.1, -0.05) is 113 Å². The topological polar surface area (TPSA) is 320 Å². The number of thioether (sulfide) groups is 1. The average molecular weight is 1750 g/mol. The maximum absolute atomic E-state index is 13.6. The molecule has 12 aromatic rings. The van der Waals surface area contributed by atoms with Gasteiger partial charge in [0.05, 0.1) is 55.9 Å². The first-order valence-corrected chi connectivity index (χ1v) is 45.2. The van der Waals surface area contributed by atoms with E-state index >= 15 is 0 Å². The summed E-state index contributed by atoms with van der Waals surface area (Å²) in [4.78, 5) is 91.7. The number of nitro benzene ring substituents is 2. The molecule has 0 bridgehead atoms. The molecule has 0 radical (unpaired) electrons. The Morgan fingerprint density at radius 2 is 0.803 bits per heavy atom. The number of benzene rings is 8. The number of nitrogen functional groups attached to an aromatic ring is 1. The monoisotopic (exact) mass is 1750 g/mol. The largest absolute Gasteiger partial charge is 0.460 e. The Morgan fingerprint density at radius 1 is 0.433 bits per heavy atom. The van der Waals surface area contributed by atoms with E-state index in [1.54, 1.807) is 48.7 Å². The minimum atomic E-state index is -0.481. The third-order valence-corrected chi connectivity index (χ3v) is 23.5. The lowest BCUT2D eigenvalue weighted by Crippen LogP contribution is -2.29. The Kier molecular flexibility index (Phi) is 32.5. The molecule has 4 fully saturated rings. The van der Waals surface area contributed by atoms with Crippen molar-refractivity contribution in [2.45, 2.75) is 156 Å². The number of halogens is 1. The molecule has 26 nitrogen and oxygen atoms in total. The molecule has 658 valence electrons. The molecule has 127 heavy (non-hydrogen) atoms. The van der Waals surface area contributed by atoms with Crippen molar-refractivity contribution in [1.29, 1.82) is 0 Å². The van der Waals surface area contributed by atoms with Crippen molar-refractivity contribution in [1.82, 2.24) is 39.9 Å². The molecule has 16 rings (SSSR count). The number of aromatic nitrogens is 8. The number of rotatable bonds is 26. The van der Waals surface area contributed by atoms with Crippen LogP contribution < -0.4 is 46.6 Å². The van der Waals surface area contributed by atoms with Crippen LogP contribution in [0, 0.1) is 41.0 Å². The van der Waals surface area contributed by atoms with E-state index in [-0.39, 0.29) is 33.3 Å². The Hall–Kier alpha value is -13.1. The van der Waals surface area contributed by atoms with Gasteiger partial charge in [0, 0.05) is 165 Å². The number of carbonyl (C=O) groups is 2. The van der Waals surface area contributed by atoms with Gasteiger partial charge in [-0.3, -0.25) is 29.8 Å². The summed E-state index contributed by atoms with van der Waals surface area (Å²) in [5.41, 5.74) is 25.8. The molecular weight excluding hydrogens is 1630 g/mol. The highest BCUT2D eigenvalue weighted by Gasteiger charge is 2.26. The molecule has 8 aromatic carbocycles. The maximum Gasteiger partial charge on any atom is 0.307 e. The van der Waals surface area contributed by atoms with Crippen molar-refractivity contribution in [3.63, 3.8) is 0 Å². The van der Waals surface area contributed by atoms with Gasteiger partial charge >= 0.3 is 5.97 Å². The number of hydrogen-bond acceptors (Lipinski definition) is 24. The van der Waals surface area contributed by atoms with Gasteiger partial charge in [0.25, 0.3) is 17.3 Å². The minimum Gasteiger partial charge on any atom is -0.460 e. The standard InChI is InChI=1S/C38H45N5O3S.C23H25N5O2.C23H27N5.C15H15ClN4O2/c1-27-10-8-11-28(20-27)24-39-35-23-34(40-26-41-35)32-22-31(43-17-6-5-7-18-43)14-15-33(32)42-37(45)30-13-9-12-29(21-30)25-47-19-16-36(44)46-38(2,3)4;1-17-6-5-7-18(12-17)15-24-23-14-21(25-16-26-23)20-13-19(8-9-22(20)28(29)30)27-10-3-2-4-11-27;1-17-6-5-7-18(12-17)15-25-23-14-22(26-16-27-23)20-13-19(8-9-21(20)24)28-10-3-2-4-11-28;16-15-9-13(17-10-18-15)12-8-11(4-5-14(12)20(21)22)19-6-2-1-3-7-19/h8-15,20-23,26H,5-7,16-19,24-25H2,1-4H3,(H,42,45)(H,39,40,41);5-9,12-14,16H,2-4,10-11,15H2,1H3,(H,24,25,26);5-9,12-14,16H,2-4,10-11,15,24H2,1H3,(H,25,26,27);4-5,8-10H,1-3,6-7H2. The zero-order valence-electron chi connectivity index (χ0n) is 73.2. The van der Waals surface area contributed by atoms with E-state index in [1.165, 1.54) is 104 Å². The van der Waals surface area contributed by atoms with Crippen LogP contribution in [-0.2, 0) is 34.9 Å². The Balaban J connectivity index is 0.000000151. The number of ether oxygens (including phenoxy) is 1. The molecule has 0 spiro atoms. The number of anilines is 9. The quantitative estimate of drug-likeness (QED) is 0.00840. The molecule has 28 heteroatoms. The number of nitrogens with zero attached hydrogens (tertiary/aromatic N) is 14. The fourth-order valence-corrected chi connectivity index (χ4v) is 16.9. The molecule has 4 aliphatic rings. The van der Waals surface area contributed by atoms with Crippen LogP contribution in [0.3, 0.4) is 0 Å². The van der Waals surface area contributed by atoms with Crippen LogP contribution in [0.25, 0.3) is 45.0 Å². The lowest BCUT2D eigenvalue weighted by atomic mass is 10.0. The van der Waals surface area contributed by atoms with Crippen molar-refractivity contribution in [2.24, 2.45) is 0 Å². The molecule has 0 unspecified atom stereocenters. The third kappa shape index (κ3) is 27.2. The van der Waals surface area contributed by atoms with E-state index in [0.29, 0.717) is 76.4 Å². The molecule has 8 heterocycles. The third-order valence-electron chi connectivity index (χ3n) is 22.3. The fraction of sp³-hybridized carbons (Fsp3) is 0.333. The van der Waals surface area contributed by atoms with Crippen LogP contribution in [0.2, 0.25) is 5.15 Å². The van der Waals surface area contributed by atoms with Crippen LogP contribution in [0.1, 0.15) is 154 Å². The molecule has 4 aliphatic heterocycles. The van der Waals surface area contributed by atoms with E-state index in [4.69, 9.17) is 22.1 Å². The van der Waals surface area contributed by atoms with Crippen LogP contribution >= 0.6 is 23.4 Å². The van der Waals surface area contributed by atoms with E-state index in [9.17, 15) is 29.8 Å². The zero-order valence-corrected chi connectivity index (χ0v) is 74.7. The van der Waals surface area contributed by atoms with Gasteiger partial charge in [0.1, 0.15) is 53.5 Å². The van der Waals surface area contributed by atoms with E-state index in [2.05, 4.69) is 193 Å². The number of hydrogen-bond donors (Lipinski definition) is 5. The average Bonchev–Trinajstić information content (AvgIpc) is 0.804. The highest BCUT2D eigenvalue weighted by atomic mass is 35.5. The number of esters is 1. The van der Waals surface area contributed by atoms with Gasteiger partial charge in [0.15, 0.2) is 0 Å². The Labute approximate surface area is 752 Å². The van der Waals surface area contributed by atoms with Gasteiger partial charge in [-0.2, -0.15) is 11.8 Å². The van der Waals surface area contributed by atoms with Crippen LogP contribution in [0.15, 0.2) is 219 Å². The summed E-state index contributed by atoms with van der Waals surface area (Å²) in [6.45, 7) is 22.0. The maximum atomic E-state index is 13.6. The molecule has 0 saturated carbocycles. The lowest BCUT2D eigenvalue weighted by Gasteiger charge is -2.29. The Bertz CT molecular complexity index is 5740. The summed E-state index contributed by atoms with van der Waals surface area (Å²) < 4.78 is 5.40. The molecule has 4 saturated heterocycles. The molecule has 4 aromatic heterocycles. The number of carbonyl (C=O) groups excluding carboxylic acids is 2. The van der Waals surface area contributed by atoms with E-state index in [1.807, 2.05) is 93.6 Å². The molecule has 0 aliphatic carbocycles. The molecular formula is C99H112ClN19O7S. The van der Waals surface area contributed by atoms with Crippen molar-refractivity contribution in [2.75, 3.05) is 105 Å². The van der Waals surface area contributed by atoms with Crippen LogP contribution in [-0.4, -0.2) is 125 Å². The van der Waals surface area contributed by atoms with Crippen molar-refractivity contribution < 1.29 is 24.2 Å². The second kappa shape index (κ2) is 45.1. The number of nitrogens with one attached hydrogen (secondary N) is 4. The SMILES string of the molecule is Cc1cccc(CNc2cc(-c3cc(N4CCCCC4)ccc3N)ncn2)c1.Cc1cccc(CNc2cc(-c3cc(N4CCCCC4)ccc3NC(=O)c3cccc(CSCCC(=O)OC(C)(C)C)c3)ncn2)c1.Cc1cccc(CNc2cc(-c3cc(N4CCCCC4)ccc3[N+](=O)[O-])ncn2)c1.O=[N+]([O-])c1ccc(N2CCCCC2)cc1-c1cc(Cl)ncn1. The number of aryl methyl sites for hydroxylation is 3. The number of amides is 1. The predicted octanol–water partition coefficient (Wildman–Crippen LogP) is 21.6. The van der Waals surface area contributed by atoms with Gasteiger partial charge in [-0.15, -0.1) is 0 Å². The minimum absolute atomic E-state index is 0.0236. The van der Waals surface area contributed by atoms with E-state index < -0.39 is 10.5 Å². The van der Waals surface area contributed by atoms with Gasteiger partial charge in [-0.25, -0.2) is 39.9 Å². The predicted molar refractivity (Wildman–Crippen MR) is 513 cm³/mol. The number of nitro groups is 2. The van der Waals surface area contributed by atoms with Crippen molar-refractivity contribution in [3.05, 3.63) is 289 Å². The normalized spacial score (nSPS) is 13.9. The summed E-state index contributed by atoms with van der Waals surface area (Å²) in [6, 6.07) is 62.9. The van der Waals surface area contributed by atoms with Gasteiger partial charge in [-0.05, 0) is 214 Å². The smallest absolute Gasteiger partial charge is 0.307 e. The van der Waals surface area contributed by atoms with E-state index in [0.717, 1.165) is 147 Å². The van der Waals surface area contributed by atoms with Crippen molar-refractivity contribution >= 4 is 98.2 Å². The van der Waals surface area contributed by atoms with Crippen LogP contribution in [0.4, 0.5) is 63.0 Å². The Morgan fingerprint density at radius 3 is 1.22 bits per heavy atom. The number of nitrogens with two attached hydrogens (primary N) is 1. The lowest BCUT2D eigenvalue weighted by molar-refractivity contribution is -0.384. The van der Waals surface area contributed by atoms with Crippen molar-refractivity contribution in [3.8, 4) is 45.0 Å². The van der Waals surface area contributed by atoms with Crippen LogP contribution in [0.5, 0.6) is 0 Å². The summed E-state index contributed by atoms with van der Waals surface area (Å²) in [5, 5.41) is 36.5. The fourth-order valence-electron chi connectivity index (χ4n) is 15.9. The van der Waals surface area contributed by atoms with Gasteiger partial charge in [0.2, 0.25) is 0 Å². The summed E-state index contributed by atoms with van der Waals surface area (Å²) in [6.07, 6.45) is 20.7. The highest BCUT2D eigenvalue weighted by molar-refractivity contribution is 7.98. The molecule has 0 atom stereocenters. The summed E-state index contributed by atoms with van der Waals surface area (Å²) in [5.74, 6) is 3.11. The summed E-state index contributed by atoms with van der Waals surface area (Å²) >= 11 is 7.53. The van der Waals surface area contributed by atoms with Gasteiger partial charge < -0.3 is 51.3 Å². The highest BCUT2D eigenvalue weighted by Crippen LogP contribution is 2.39. The first kappa shape index (κ1) is 91.6. The molecule has 6 N–H and O–H groups in total. The zero-order chi connectivity index (χ0) is 89.0. The second-order valence-corrected chi connectivity index (χ2v) is 34.8.